The molecule has 0 aromatic carbocycles. The van der Waals surface area contributed by atoms with Crippen LogP contribution in [0.5, 0.6) is 0 Å². The number of halogens is 2. The molecular formula is C9H12F2N2O. The van der Waals surface area contributed by atoms with Gasteiger partial charge < -0.3 is 10.3 Å². The monoisotopic (exact) mass is 202 g/mol. The zero-order valence-corrected chi connectivity index (χ0v) is 7.81. The van der Waals surface area contributed by atoms with E-state index in [1.807, 2.05) is 0 Å². The molecule has 0 unspecified atom stereocenters. The number of rotatable bonds is 4. The predicted octanol–water partition coefficient (Wildman–Crippen LogP) is 1.04. The maximum Gasteiger partial charge on any atom is 0.250 e. The van der Waals surface area contributed by atoms with Crippen molar-refractivity contribution >= 4 is 0 Å². The molecule has 0 aliphatic rings. The van der Waals surface area contributed by atoms with E-state index < -0.39 is 13.0 Å². The number of aromatic nitrogens is 1. The topological polar surface area (TPSA) is 44.9 Å². The molecule has 0 saturated carbocycles. The predicted molar refractivity (Wildman–Crippen MR) is 49.5 cm³/mol. The summed E-state index contributed by atoms with van der Waals surface area (Å²) in [4.78, 5) is 14.1. The third-order valence-corrected chi connectivity index (χ3v) is 1.75. The average molecular weight is 202 g/mol. The number of alkyl halides is 2. The van der Waals surface area contributed by atoms with Crippen molar-refractivity contribution in [1.29, 1.82) is 0 Å². The summed E-state index contributed by atoms with van der Waals surface area (Å²) >= 11 is 0. The molecule has 0 aliphatic heterocycles. The van der Waals surface area contributed by atoms with Crippen molar-refractivity contribution in [1.82, 2.24) is 10.3 Å². The van der Waals surface area contributed by atoms with Crippen molar-refractivity contribution in [2.45, 2.75) is 19.9 Å². The van der Waals surface area contributed by atoms with E-state index in [9.17, 15) is 13.6 Å². The van der Waals surface area contributed by atoms with E-state index in [-0.39, 0.29) is 12.0 Å². The summed E-state index contributed by atoms with van der Waals surface area (Å²) in [7, 11) is 0. The molecule has 1 aromatic heterocycles. The minimum atomic E-state index is -2.39. The Labute approximate surface area is 80.2 Å². The first kappa shape index (κ1) is 10.8. The van der Waals surface area contributed by atoms with Crippen LogP contribution in [-0.4, -0.2) is 18.0 Å². The summed E-state index contributed by atoms with van der Waals surface area (Å²) in [6, 6.07) is 1.44. The van der Waals surface area contributed by atoms with Crippen molar-refractivity contribution < 1.29 is 8.78 Å². The summed E-state index contributed by atoms with van der Waals surface area (Å²) in [5.74, 6) is 0. The van der Waals surface area contributed by atoms with Gasteiger partial charge in [0.05, 0.1) is 6.54 Å². The lowest BCUT2D eigenvalue weighted by atomic mass is 10.2. The smallest absolute Gasteiger partial charge is 0.250 e. The molecule has 2 N–H and O–H groups in total. The zero-order valence-electron chi connectivity index (χ0n) is 7.81. The van der Waals surface area contributed by atoms with Crippen LogP contribution >= 0.6 is 0 Å². The maximum absolute atomic E-state index is 11.8. The van der Waals surface area contributed by atoms with E-state index in [4.69, 9.17) is 0 Å². The highest BCUT2D eigenvalue weighted by atomic mass is 19.3. The van der Waals surface area contributed by atoms with Crippen molar-refractivity contribution in [3.8, 4) is 0 Å². The molecule has 0 radical (unpaired) electrons. The molecule has 1 aromatic rings. The molecule has 3 nitrogen and oxygen atoms in total. The van der Waals surface area contributed by atoms with Gasteiger partial charge in [-0.3, -0.25) is 4.79 Å². The minimum Gasteiger partial charge on any atom is -0.365 e. The first-order valence-corrected chi connectivity index (χ1v) is 4.26. The highest BCUT2D eigenvalue weighted by Gasteiger charge is 2.03. The lowest BCUT2D eigenvalue weighted by molar-refractivity contribution is 0.145. The summed E-state index contributed by atoms with van der Waals surface area (Å²) < 4.78 is 23.5. The lowest BCUT2D eigenvalue weighted by Gasteiger charge is -2.03. The molecular weight excluding hydrogens is 190 g/mol. The molecule has 0 aliphatic carbocycles. The van der Waals surface area contributed by atoms with E-state index in [1.54, 1.807) is 6.92 Å². The van der Waals surface area contributed by atoms with E-state index in [2.05, 4.69) is 10.3 Å². The number of aromatic amines is 1. The summed E-state index contributed by atoms with van der Waals surface area (Å²) in [6.45, 7) is 1.53. The van der Waals surface area contributed by atoms with Gasteiger partial charge in [-0.05, 0) is 6.92 Å². The van der Waals surface area contributed by atoms with Gasteiger partial charge in [0.25, 0.3) is 6.43 Å². The van der Waals surface area contributed by atoms with E-state index in [0.29, 0.717) is 5.56 Å². The Morgan fingerprint density at radius 3 is 2.86 bits per heavy atom. The number of H-pyrrole nitrogens is 1. The summed E-state index contributed by atoms with van der Waals surface area (Å²) in [5.41, 5.74) is 1.09. The van der Waals surface area contributed by atoms with Crippen molar-refractivity contribution in [3.05, 3.63) is 33.7 Å². The van der Waals surface area contributed by atoms with Gasteiger partial charge in [0, 0.05) is 30.1 Å². The first-order valence-electron chi connectivity index (χ1n) is 4.26. The molecule has 5 heteroatoms. The fourth-order valence-electron chi connectivity index (χ4n) is 1.06. The second-order valence-corrected chi connectivity index (χ2v) is 3.03. The Hall–Kier alpha value is -1.23. The van der Waals surface area contributed by atoms with Crippen LogP contribution in [0.15, 0.2) is 17.1 Å². The van der Waals surface area contributed by atoms with Gasteiger partial charge in [-0.2, -0.15) is 0 Å². The Morgan fingerprint density at radius 2 is 2.29 bits per heavy atom. The van der Waals surface area contributed by atoms with Crippen LogP contribution in [0, 0.1) is 6.92 Å². The van der Waals surface area contributed by atoms with E-state index >= 15 is 0 Å². The number of hydrogen-bond donors (Lipinski definition) is 2. The van der Waals surface area contributed by atoms with Gasteiger partial charge in [0.2, 0.25) is 0 Å². The number of nitrogens with one attached hydrogen (secondary N) is 2. The van der Waals surface area contributed by atoms with Crippen LogP contribution in [0.3, 0.4) is 0 Å². The Balaban J connectivity index is 2.55. The van der Waals surface area contributed by atoms with E-state index in [1.165, 1.54) is 12.3 Å². The second-order valence-electron chi connectivity index (χ2n) is 3.03. The van der Waals surface area contributed by atoms with Crippen molar-refractivity contribution in [2.24, 2.45) is 0 Å². The van der Waals surface area contributed by atoms with Gasteiger partial charge in [0.1, 0.15) is 0 Å². The minimum absolute atomic E-state index is 0.136. The fraction of sp³-hybridized carbons (Fsp3) is 0.444. The molecule has 0 spiro atoms. The van der Waals surface area contributed by atoms with Crippen LogP contribution in [0.1, 0.15) is 11.3 Å². The average Bonchev–Trinajstić information content (AvgIpc) is 2.08. The number of hydrogen-bond acceptors (Lipinski definition) is 2. The lowest BCUT2D eigenvalue weighted by Crippen LogP contribution is -2.24. The van der Waals surface area contributed by atoms with Gasteiger partial charge in [-0.25, -0.2) is 8.78 Å². The molecule has 0 fully saturated rings. The molecule has 0 atom stereocenters. The Morgan fingerprint density at radius 1 is 1.57 bits per heavy atom. The van der Waals surface area contributed by atoms with Gasteiger partial charge >= 0.3 is 0 Å². The van der Waals surface area contributed by atoms with Crippen molar-refractivity contribution in [3.63, 3.8) is 0 Å². The molecule has 78 valence electrons. The molecule has 0 bridgehead atoms. The number of aryl methyl sites for hydroxylation is 1. The third-order valence-electron chi connectivity index (χ3n) is 1.75. The molecule has 0 amide bonds. The summed E-state index contributed by atoms with van der Waals surface area (Å²) in [5, 5.41) is 2.49. The quantitative estimate of drug-likeness (QED) is 0.766. The van der Waals surface area contributed by atoms with Gasteiger partial charge in [0.15, 0.2) is 5.43 Å². The SMILES string of the molecule is Cc1cc(=O)c(CNCC(F)F)c[nH]1. The van der Waals surface area contributed by atoms with Crippen LogP contribution in [-0.2, 0) is 6.54 Å². The third kappa shape index (κ3) is 3.26. The largest absolute Gasteiger partial charge is 0.365 e. The zero-order chi connectivity index (χ0) is 10.6. The fourth-order valence-corrected chi connectivity index (χ4v) is 1.06. The molecule has 1 rings (SSSR count). The van der Waals surface area contributed by atoms with Crippen molar-refractivity contribution in [2.75, 3.05) is 6.54 Å². The maximum atomic E-state index is 11.8. The van der Waals surface area contributed by atoms with E-state index in [0.717, 1.165) is 5.69 Å². The standard InChI is InChI=1S/C9H12F2N2O/c1-6-2-8(14)7(4-13-6)3-12-5-9(10)11/h2,4,9,12H,3,5H2,1H3,(H,13,14). The Kier molecular flexibility index (Phi) is 3.76. The second kappa shape index (κ2) is 4.85. The van der Waals surface area contributed by atoms with Crippen LogP contribution in [0.2, 0.25) is 0 Å². The van der Waals surface area contributed by atoms with Crippen LogP contribution < -0.4 is 10.7 Å². The highest BCUT2D eigenvalue weighted by molar-refractivity contribution is 5.13. The van der Waals surface area contributed by atoms with Gasteiger partial charge in [-0.1, -0.05) is 0 Å². The molecule has 14 heavy (non-hydrogen) atoms. The first-order chi connectivity index (χ1) is 6.59. The van der Waals surface area contributed by atoms with Crippen LogP contribution in [0.4, 0.5) is 8.78 Å². The summed E-state index contributed by atoms with van der Waals surface area (Å²) in [6.07, 6.45) is -0.851. The van der Waals surface area contributed by atoms with Gasteiger partial charge in [-0.15, -0.1) is 0 Å². The number of pyridine rings is 1. The molecule has 1 heterocycles. The van der Waals surface area contributed by atoms with Crippen LogP contribution in [0.25, 0.3) is 0 Å². The normalized spacial score (nSPS) is 10.9. The highest BCUT2D eigenvalue weighted by Crippen LogP contribution is 1.93. The Bertz CT molecular complexity index is 349. The molecule has 0 saturated heterocycles.